The van der Waals surface area contributed by atoms with Crippen LogP contribution < -0.4 is 4.74 Å². The first kappa shape index (κ1) is 14.2. The number of nitrogens with zero attached hydrogens (tertiary/aromatic N) is 2. The standard InChI is InChI=1S/C12H6Cl2N2O4/c13-10-2-8(16(18)19)3-11(14)12(10)20-9-1-7(6-17)4-15-5-9/h1-6H. The van der Waals surface area contributed by atoms with E-state index < -0.39 is 4.92 Å². The van der Waals surface area contributed by atoms with Crippen molar-refractivity contribution in [2.24, 2.45) is 0 Å². The number of aldehydes is 1. The van der Waals surface area contributed by atoms with Crippen molar-refractivity contribution in [3.63, 3.8) is 0 Å². The Morgan fingerprint density at radius 2 is 1.85 bits per heavy atom. The normalized spacial score (nSPS) is 10.1. The Labute approximate surface area is 123 Å². The summed E-state index contributed by atoms with van der Waals surface area (Å²) >= 11 is 11.8. The fourth-order valence-corrected chi connectivity index (χ4v) is 1.98. The fourth-order valence-electron chi connectivity index (χ4n) is 1.42. The summed E-state index contributed by atoms with van der Waals surface area (Å²) in [6, 6.07) is 3.69. The number of carbonyl (C=O) groups excluding carboxylic acids is 1. The smallest absolute Gasteiger partial charge is 0.272 e. The maximum absolute atomic E-state index is 10.7. The summed E-state index contributed by atoms with van der Waals surface area (Å²) in [5.74, 6) is 0.302. The van der Waals surface area contributed by atoms with E-state index in [2.05, 4.69) is 4.98 Å². The Balaban J connectivity index is 2.38. The minimum absolute atomic E-state index is 0.0132. The van der Waals surface area contributed by atoms with E-state index in [1.54, 1.807) is 0 Å². The summed E-state index contributed by atoms with van der Waals surface area (Å²) in [6.07, 6.45) is 3.33. The molecule has 0 aliphatic heterocycles. The molecule has 20 heavy (non-hydrogen) atoms. The number of pyridine rings is 1. The van der Waals surface area contributed by atoms with Gasteiger partial charge in [0, 0.05) is 23.9 Å². The van der Waals surface area contributed by atoms with Gasteiger partial charge in [0.2, 0.25) is 0 Å². The molecule has 102 valence electrons. The van der Waals surface area contributed by atoms with E-state index in [1.165, 1.54) is 18.5 Å². The van der Waals surface area contributed by atoms with Crippen LogP contribution in [0, 0.1) is 10.1 Å². The van der Waals surface area contributed by atoms with Gasteiger partial charge < -0.3 is 4.74 Å². The van der Waals surface area contributed by atoms with E-state index in [0.717, 1.165) is 12.1 Å². The molecule has 1 heterocycles. The van der Waals surface area contributed by atoms with Crippen LogP contribution >= 0.6 is 23.2 Å². The van der Waals surface area contributed by atoms with Crippen molar-refractivity contribution in [3.05, 3.63) is 56.3 Å². The number of rotatable bonds is 4. The van der Waals surface area contributed by atoms with Gasteiger partial charge in [-0.05, 0) is 6.07 Å². The van der Waals surface area contributed by atoms with Crippen LogP contribution in [-0.4, -0.2) is 16.2 Å². The summed E-state index contributed by atoms with van der Waals surface area (Å²) in [4.78, 5) is 24.5. The predicted molar refractivity (Wildman–Crippen MR) is 72.8 cm³/mol. The number of carbonyl (C=O) groups is 1. The first-order valence-electron chi connectivity index (χ1n) is 5.23. The molecule has 0 bridgehead atoms. The summed E-state index contributed by atoms with van der Waals surface area (Å²) in [6.45, 7) is 0. The zero-order valence-corrected chi connectivity index (χ0v) is 11.3. The molecule has 1 aromatic heterocycles. The molecule has 6 nitrogen and oxygen atoms in total. The highest BCUT2D eigenvalue weighted by atomic mass is 35.5. The van der Waals surface area contributed by atoms with Crippen LogP contribution in [0.2, 0.25) is 10.0 Å². The quantitative estimate of drug-likeness (QED) is 0.485. The Hall–Kier alpha value is -2.18. The molecule has 2 rings (SSSR count). The Bertz CT molecular complexity index is 668. The van der Waals surface area contributed by atoms with Crippen molar-refractivity contribution in [1.82, 2.24) is 4.98 Å². The van der Waals surface area contributed by atoms with Crippen LogP contribution in [0.1, 0.15) is 10.4 Å². The molecule has 8 heteroatoms. The third kappa shape index (κ3) is 3.04. The second-order valence-corrected chi connectivity index (χ2v) is 4.48. The van der Waals surface area contributed by atoms with Gasteiger partial charge in [-0.25, -0.2) is 0 Å². The molecular weight excluding hydrogens is 307 g/mol. The lowest BCUT2D eigenvalue weighted by Gasteiger charge is -2.09. The summed E-state index contributed by atoms with van der Waals surface area (Å²) in [5, 5.41) is 10.6. The molecule has 0 N–H and O–H groups in total. The molecule has 0 aliphatic rings. The largest absolute Gasteiger partial charge is 0.453 e. The van der Waals surface area contributed by atoms with E-state index in [9.17, 15) is 14.9 Å². The van der Waals surface area contributed by atoms with Crippen molar-refractivity contribution in [2.75, 3.05) is 0 Å². The van der Waals surface area contributed by atoms with Crippen molar-refractivity contribution in [3.8, 4) is 11.5 Å². The third-order valence-corrected chi connectivity index (χ3v) is 2.85. The molecule has 0 spiro atoms. The Morgan fingerprint density at radius 1 is 1.20 bits per heavy atom. The molecule has 0 radical (unpaired) electrons. The Kier molecular flexibility index (Phi) is 4.16. The minimum atomic E-state index is -0.615. The van der Waals surface area contributed by atoms with Gasteiger partial charge in [0.25, 0.3) is 5.69 Å². The number of aromatic nitrogens is 1. The Morgan fingerprint density at radius 3 is 2.40 bits per heavy atom. The van der Waals surface area contributed by atoms with Gasteiger partial charge in [-0.15, -0.1) is 0 Å². The fraction of sp³-hybridized carbons (Fsp3) is 0. The average Bonchev–Trinajstić information content (AvgIpc) is 2.42. The molecule has 0 saturated heterocycles. The average molecular weight is 313 g/mol. The number of hydrogen-bond donors (Lipinski definition) is 0. The second kappa shape index (κ2) is 5.85. The van der Waals surface area contributed by atoms with Crippen molar-refractivity contribution >= 4 is 35.2 Å². The highest BCUT2D eigenvalue weighted by molar-refractivity contribution is 6.37. The predicted octanol–water partition coefficient (Wildman–Crippen LogP) is 3.90. The number of benzene rings is 1. The topological polar surface area (TPSA) is 82.3 Å². The SMILES string of the molecule is O=Cc1cncc(Oc2c(Cl)cc([N+](=O)[O-])cc2Cl)c1. The molecule has 0 saturated carbocycles. The summed E-state index contributed by atoms with van der Waals surface area (Å²) < 4.78 is 5.41. The summed E-state index contributed by atoms with van der Waals surface area (Å²) in [5.41, 5.74) is 0.0729. The molecule has 0 amide bonds. The van der Waals surface area contributed by atoms with Gasteiger partial charge >= 0.3 is 0 Å². The van der Waals surface area contributed by atoms with Crippen LogP contribution in [0.25, 0.3) is 0 Å². The van der Waals surface area contributed by atoms with Crippen LogP contribution in [0.3, 0.4) is 0 Å². The number of ether oxygens (including phenoxy) is 1. The van der Waals surface area contributed by atoms with E-state index in [-0.39, 0.29) is 27.2 Å². The third-order valence-electron chi connectivity index (χ3n) is 2.28. The number of non-ortho nitro benzene ring substituents is 1. The van der Waals surface area contributed by atoms with Crippen LogP contribution in [0.5, 0.6) is 11.5 Å². The summed E-state index contributed by atoms with van der Waals surface area (Å²) in [7, 11) is 0. The molecule has 0 aliphatic carbocycles. The number of hydrogen-bond acceptors (Lipinski definition) is 5. The highest BCUT2D eigenvalue weighted by Gasteiger charge is 2.16. The monoisotopic (exact) mass is 312 g/mol. The van der Waals surface area contributed by atoms with Crippen LogP contribution in [0.4, 0.5) is 5.69 Å². The van der Waals surface area contributed by atoms with Gasteiger partial charge in [-0.2, -0.15) is 0 Å². The number of halogens is 2. The maximum atomic E-state index is 10.7. The highest BCUT2D eigenvalue weighted by Crippen LogP contribution is 2.39. The van der Waals surface area contributed by atoms with Crippen molar-refractivity contribution in [2.45, 2.75) is 0 Å². The van der Waals surface area contributed by atoms with E-state index in [4.69, 9.17) is 27.9 Å². The van der Waals surface area contributed by atoms with Gasteiger partial charge in [0.15, 0.2) is 12.0 Å². The van der Waals surface area contributed by atoms with E-state index in [0.29, 0.717) is 11.8 Å². The lowest BCUT2D eigenvalue weighted by atomic mass is 10.3. The molecular formula is C12H6Cl2N2O4. The zero-order chi connectivity index (χ0) is 14.7. The second-order valence-electron chi connectivity index (χ2n) is 3.67. The number of nitro groups is 1. The molecule has 0 unspecified atom stereocenters. The van der Waals surface area contributed by atoms with Crippen LogP contribution in [-0.2, 0) is 0 Å². The lowest BCUT2D eigenvalue weighted by Crippen LogP contribution is -1.93. The minimum Gasteiger partial charge on any atom is -0.453 e. The van der Waals surface area contributed by atoms with Crippen molar-refractivity contribution < 1.29 is 14.5 Å². The van der Waals surface area contributed by atoms with Gasteiger partial charge in [0.1, 0.15) is 5.75 Å². The molecule has 1 aromatic carbocycles. The van der Waals surface area contributed by atoms with Gasteiger partial charge in [-0.3, -0.25) is 19.9 Å². The van der Waals surface area contributed by atoms with Gasteiger partial charge in [-0.1, -0.05) is 23.2 Å². The van der Waals surface area contributed by atoms with Crippen molar-refractivity contribution in [1.29, 1.82) is 0 Å². The maximum Gasteiger partial charge on any atom is 0.272 e. The first-order chi connectivity index (χ1) is 9.51. The molecule has 0 fully saturated rings. The number of nitro benzene ring substituents is 1. The lowest BCUT2D eigenvalue weighted by molar-refractivity contribution is -0.384. The zero-order valence-electron chi connectivity index (χ0n) is 9.75. The van der Waals surface area contributed by atoms with E-state index in [1.807, 2.05) is 0 Å². The molecule has 2 aromatic rings. The first-order valence-corrected chi connectivity index (χ1v) is 5.98. The molecule has 0 atom stereocenters. The van der Waals surface area contributed by atoms with E-state index >= 15 is 0 Å². The van der Waals surface area contributed by atoms with Gasteiger partial charge in [0.05, 0.1) is 21.2 Å². The van der Waals surface area contributed by atoms with Crippen LogP contribution in [0.15, 0.2) is 30.6 Å².